The summed E-state index contributed by atoms with van der Waals surface area (Å²) in [5.74, 6) is -0.203. The molecule has 7 atom stereocenters. The first-order valence-corrected chi connectivity index (χ1v) is 33.1. The van der Waals surface area contributed by atoms with Crippen molar-refractivity contribution in [3.63, 3.8) is 0 Å². The van der Waals surface area contributed by atoms with Crippen LogP contribution in [0.4, 0.5) is 0 Å². The number of esters is 1. The van der Waals surface area contributed by atoms with E-state index in [-0.39, 0.29) is 18.5 Å². The molecule has 11 nitrogen and oxygen atoms in total. The molecule has 1 amide bonds. The van der Waals surface area contributed by atoms with E-state index in [0.29, 0.717) is 19.4 Å². The van der Waals surface area contributed by atoms with Gasteiger partial charge in [0.1, 0.15) is 24.4 Å². The van der Waals surface area contributed by atoms with Crippen molar-refractivity contribution in [3.8, 4) is 0 Å². The van der Waals surface area contributed by atoms with Crippen LogP contribution < -0.4 is 5.32 Å². The van der Waals surface area contributed by atoms with Crippen molar-refractivity contribution >= 4 is 11.9 Å². The highest BCUT2D eigenvalue weighted by atomic mass is 16.7. The topological polar surface area (TPSA) is 175 Å². The summed E-state index contributed by atoms with van der Waals surface area (Å²) in [7, 11) is 0. The summed E-state index contributed by atoms with van der Waals surface area (Å²) in [6.07, 6.45) is 65.0. The van der Waals surface area contributed by atoms with E-state index in [1.54, 1.807) is 6.08 Å². The molecule has 0 bridgehead atoms. The van der Waals surface area contributed by atoms with E-state index in [1.165, 1.54) is 205 Å². The van der Waals surface area contributed by atoms with Crippen molar-refractivity contribution in [3.05, 3.63) is 60.8 Å². The number of amides is 1. The Labute approximate surface area is 484 Å². The van der Waals surface area contributed by atoms with Crippen LogP contribution in [0.5, 0.6) is 0 Å². The smallest absolute Gasteiger partial charge is 0.305 e. The third kappa shape index (κ3) is 46.5. The van der Waals surface area contributed by atoms with Crippen LogP contribution in [-0.2, 0) is 23.8 Å². The van der Waals surface area contributed by atoms with Crippen LogP contribution in [0, 0.1) is 0 Å². The van der Waals surface area contributed by atoms with Gasteiger partial charge in [-0.3, -0.25) is 9.59 Å². The van der Waals surface area contributed by atoms with E-state index >= 15 is 0 Å². The van der Waals surface area contributed by atoms with Crippen LogP contribution in [0.3, 0.4) is 0 Å². The molecule has 0 aliphatic carbocycles. The molecule has 0 aromatic heterocycles. The average molecular weight is 1110 g/mol. The zero-order chi connectivity index (χ0) is 57.3. The minimum atomic E-state index is -1.58. The lowest BCUT2D eigenvalue weighted by Gasteiger charge is -2.40. The van der Waals surface area contributed by atoms with Gasteiger partial charge in [0, 0.05) is 12.8 Å². The summed E-state index contributed by atoms with van der Waals surface area (Å²) in [5, 5.41) is 54.3. The summed E-state index contributed by atoms with van der Waals surface area (Å²) in [6.45, 7) is 4.27. The summed E-state index contributed by atoms with van der Waals surface area (Å²) in [5.41, 5.74) is 0. The summed E-state index contributed by atoms with van der Waals surface area (Å²) in [4.78, 5) is 25.0. The normalized spacial score (nSPS) is 18.8. The van der Waals surface area contributed by atoms with Gasteiger partial charge in [0.15, 0.2) is 6.29 Å². The minimum Gasteiger partial charge on any atom is -0.466 e. The molecule has 1 fully saturated rings. The predicted molar refractivity (Wildman–Crippen MR) is 329 cm³/mol. The van der Waals surface area contributed by atoms with Crippen molar-refractivity contribution < 1.29 is 49.3 Å². The van der Waals surface area contributed by atoms with Crippen molar-refractivity contribution in [2.45, 2.75) is 339 Å². The number of aliphatic hydroxyl groups excluding tert-OH is 5. The Morgan fingerprint density at radius 1 is 0.468 bits per heavy atom. The average Bonchev–Trinajstić information content (AvgIpc) is 3.46. The number of aliphatic hydroxyl groups is 5. The largest absolute Gasteiger partial charge is 0.466 e. The van der Waals surface area contributed by atoms with Gasteiger partial charge in [-0.1, -0.05) is 242 Å². The maximum Gasteiger partial charge on any atom is 0.305 e. The van der Waals surface area contributed by atoms with Crippen molar-refractivity contribution in [1.29, 1.82) is 0 Å². The van der Waals surface area contributed by atoms with E-state index in [0.717, 1.165) is 64.2 Å². The molecule has 6 N–H and O–H groups in total. The molecule has 0 aromatic carbocycles. The Balaban J connectivity index is 1.98. The SMILES string of the molecule is CCCCC/C=C\CCCCCCCC(=O)OCCCCCCCCCCC/C=C\C/C=C\CCCCCCCCCCCCCCCC(=O)NC(COC1OC(CO)C(O)C(O)C1O)C(O)/C=C/CC/C=C/CCCCCC. The molecule has 0 radical (unpaired) electrons. The van der Waals surface area contributed by atoms with Gasteiger partial charge in [0.05, 0.1) is 32.0 Å². The monoisotopic (exact) mass is 1110 g/mol. The second-order valence-corrected chi connectivity index (χ2v) is 22.8. The Bertz CT molecular complexity index is 1500. The molecule has 11 heteroatoms. The molecule has 1 saturated heterocycles. The molecule has 460 valence electrons. The lowest BCUT2D eigenvalue weighted by atomic mass is 9.99. The van der Waals surface area contributed by atoms with Gasteiger partial charge in [-0.25, -0.2) is 0 Å². The zero-order valence-electron chi connectivity index (χ0n) is 50.8. The fourth-order valence-electron chi connectivity index (χ4n) is 10.1. The molecule has 1 rings (SSSR count). The number of hydrogen-bond donors (Lipinski definition) is 6. The number of rotatable bonds is 57. The zero-order valence-corrected chi connectivity index (χ0v) is 50.8. The predicted octanol–water partition coefficient (Wildman–Crippen LogP) is 16.2. The number of hydrogen-bond acceptors (Lipinski definition) is 10. The molecule has 0 spiro atoms. The van der Waals surface area contributed by atoms with Gasteiger partial charge in [0.2, 0.25) is 5.91 Å². The van der Waals surface area contributed by atoms with Gasteiger partial charge in [-0.05, 0) is 103 Å². The molecule has 7 unspecified atom stereocenters. The first-order valence-electron chi connectivity index (χ1n) is 33.1. The summed E-state index contributed by atoms with van der Waals surface area (Å²) >= 11 is 0. The van der Waals surface area contributed by atoms with Gasteiger partial charge in [0.25, 0.3) is 0 Å². The number of nitrogens with one attached hydrogen (secondary N) is 1. The van der Waals surface area contributed by atoms with Crippen LogP contribution >= 0.6 is 0 Å². The van der Waals surface area contributed by atoms with Gasteiger partial charge >= 0.3 is 5.97 Å². The number of unbranched alkanes of at least 4 members (excludes halogenated alkanes) is 35. The molecule has 79 heavy (non-hydrogen) atoms. The van der Waals surface area contributed by atoms with Crippen molar-refractivity contribution in [2.75, 3.05) is 19.8 Å². The lowest BCUT2D eigenvalue weighted by Crippen LogP contribution is -2.60. The Kier molecular flexibility index (Phi) is 53.8. The molecular weight excluding hydrogens is 991 g/mol. The van der Waals surface area contributed by atoms with Crippen LogP contribution in [0.25, 0.3) is 0 Å². The fourth-order valence-corrected chi connectivity index (χ4v) is 10.1. The van der Waals surface area contributed by atoms with Crippen LogP contribution in [0.15, 0.2) is 60.8 Å². The van der Waals surface area contributed by atoms with Gasteiger partial charge in [-0.2, -0.15) is 0 Å². The molecular formula is C68H123NO10. The molecule has 1 aliphatic heterocycles. The minimum absolute atomic E-state index is 0.00766. The fraction of sp³-hybridized carbons (Fsp3) is 0.824. The Morgan fingerprint density at radius 2 is 0.861 bits per heavy atom. The van der Waals surface area contributed by atoms with Crippen LogP contribution in [0.1, 0.15) is 296 Å². The number of ether oxygens (including phenoxy) is 3. The van der Waals surface area contributed by atoms with E-state index < -0.39 is 49.5 Å². The van der Waals surface area contributed by atoms with Crippen LogP contribution in [-0.4, -0.2) is 100 Å². The molecule has 1 heterocycles. The maximum absolute atomic E-state index is 13.0. The highest BCUT2D eigenvalue weighted by Crippen LogP contribution is 2.23. The van der Waals surface area contributed by atoms with Crippen molar-refractivity contribution in [2.24, 2.45) is 0 Å². The van der Waals surface area contributed by atoms with Gasteiger partial charge in [-0.15, -0.1) is 0 Å². The number of carbonyl (C=O) groups excluding carboxylic acids is 2. The molecule has 0 saturated carbocycles. The number of allylic oxidation sites excluding steroid dienone is 9. The maximum atomic E-state index is 13.0. The Hall–Kier alpha value is -2.64. The third-order valence-corrected chi connectivity index (χ3v) is 15.3. The second kappa shape index (κ2) is 57.2. The second-order valence-electron chi connectivity index (χ2n) is 22.8. The Morgan fingerprint density at radius 3 is 1.35 bits per heavy atom. The van der Waals surface area contributed by atoms with E-state index in [2.05, 4.69) is 67.8 Å². The van der Waals surface area contributed by atoms with E-state index in [1.807, 2.05) is 6.08 Å². The van der Waals surface area contributed by atoms with Crippen molar-refractivity contribution in [1.82, 2.24) is 5.32 Å². The quantitative estimate of drug-likeness (QED) is 0.0195. The van der Waals surface area contributed by atoms with E-state index in [9.17, 15) is 35.1 Å². The summed E-state index contributed by atoms with van der Waals surface area (Å²) < 4.78 is 16.7. The summed E-state index contributed by atoms with van der Waals surface area (Å²) in [6, 6.07) is -0.828. The highest BCUT2D eigenvalue weighted by Gasteiger charge is 2.44. The molecule has 0 aromatic rings. The first kappa shape index (κ1) is 74.4. The third-order valence-electron chi connectivity index (χ3n) is 15.3. The first-order chi connectivity index (χ1) is 38.7. The number of carbonyl (C=O) groups is 2. The molecule has 1 aliphatic rings. The van der Waals surface area contributed by atoms with Crippen LogP contribution in [0.2, 0.25) is 0 Å². The lowest BCUT2D eigenvalue weighted by molar-refractivity contribution is -0.302. The van der Waals surface area contributed by atoms with Gasteiger partial charge < -0.3 is 45.1 Å². The van der Waals surface area contributed by atoms with E-state index in [4.69, 9.17) is 14.2 Å². The highest BCUT2D eigenvalue weighted by molar-refractivity contribution is 5.76. The standard InChI is InChI=1S/C68H123NO10/c1-3-5-7-9-11-13-15-36-40-44-48-52-56-64(73)77-57-53-49-45-41-37-34-32-30-28-26-24-22-20-18-16-17-19-21-23-25-27-29-31-33-35-39-43-47-51-55-63(72)69-60(59-78-68-67(76)66(75)65(74)62(58-70)79-68)61(71)54-50-46-42-38-14-12-10-8-6-4-2/h11,13-14,16,18,22,24,38,50,54,60-62,65-68,70-71,74-76H,3-10,12,15,17,19-21,23,25-37,39-49,51-53,55-59H2,1-2H3,(H,69,72)/b13-11-,18-16-,24-22-,38-14+,54-50+.